The summed E-state index contributed by atoms with van der Waals surface area (Å²) in [4.78, 5) is 46.9. The van der Waals surface area contributed by atoms with E-state index in [0.29, 0.717) is 5.69 Å². The van der Waals surface area contributed by atoms with E-state index in [0.717, 1.165) is 16.5 Å². The molecule has 0 aliphatic carbocycles. The number of nitrogens with one attached hydrogen (secondary N) is 4. The van der Waals surface area contributed by atoms with Crippen molar-refractivity contribution in [2.75, 3.05) is 0 Å². The normalized spacial score (nSPS) is 15.0. The number of rotatable bonds is 10. The van der Waals surface area contributed by atoms with Gasteiger partial charge < -0.3 is 36.5 Å². The highest BCUT2D eigenvalue weighted by molar-refractivity contribution is 5.93. The van der Waals surface area contributed by atoms with Gasteiger partial charge in [0.25, 0.3) is 0 Å². The second-order valence-electron chi connectivity index (χ2n) is 7.56. The van der Waals surface area contributed by atoms with Crippen LogP contribution in [0.2, 0.25) is 0 Å². The number of aliphatic hydroxyl groups excluding tert-OH is 1. The Morgan fingerprint density at radius 3 is 2.53 bits per heavy atom. The number of aromatic amines is 2. The van der Waals surface area contributed by atoms with Crippen LogP contribution in [0.3, 0.4) is 0 Å². The standard InChI is InChI=1S/C21H26N6O5/c1-11(28)18(21(31)32)27-20(30)17(6-12-8-24-16-5-3-2-4-14(12)16)26-19(29)15(22)7-13-9-23-10-25-13/h2-5,8-11,15,17-18,24,28H,6-7,22H2,1H3,(H,23,25)(H,26,29)(H,27,30)(H,31,32)/t11-,15+,17+,18+/m1/s1. The predicted octanol–water partition coefficient (Wildman–Crippen LogP) is -0.561. The molecule has 0 saturated heterocycles. The van der Waals surface area contributed by atoms with Gasteiger partial charge in [-0.2, -0.15) is 0 Å². The van der Waals surface area contributed by atoms with E-state index >= 15 is 0 Å². The Morgan fingerprint density at radius 1 is 1.12 bits per heavy atom. The fourth-order valence-electron chi connectivity index (χ4n) is 3.37. The summed E-state index contributed by atoms with van der Waals surface area (Å²) in [5, 5.41) is 24.8. The molecule has 1 aromatic carbocycles. The Balaban J connectivity index is 1.80. The molecule has 2 aromatic heterocycles. The average Bonchev–Trinajstić information content (AvgIpc) is 3.40. The van der Waals surface area contributed by atoms with Crippen LogP contribution in [0.15, 0.2) is 43.0 Å². The molecule has 2 amide bonds. The van der Waals surface area contributed by atoms with Gasteiger partial charge in [-0.1, -0.05) is 18.2 Å². The van der Waals surface area contributed by atoms with E-state index < -0.39 is 42.0 Å². The molecule has 0 spiro atoms. The summed E-state index contributed by atoms with van der Waals surface area (Å²) in [5.74, 6) is -2.72. The van der Waals surface area contributed by atoms with Crippen LogP contribution < -0.4 is 16.4 Å². The number of para-hydroxylation sites is 1. The molecule has 0 fully saturated rings. The quantitative estimate of drug-likeness (QED) is 0.219. The number of nitrogens with two attached hydrogens (primary N) is 1. The number of nitrogens with zero attached hydrogens (tertiary/aromatic N) is 1. The highest BCUT2D eigenvalue weighted by Crippen LogP contribution is 2.19. The monoisotopic (exact) mass is 442 g/mol. The van der Waals surface area contributed by atoms with Gasteiger partial charge in [-0.05, 0) is 18.6 Å². The summed E-state index contributed by atoms with van der Waals surface area (Å²) in [7, 11) is 0. The third-order valence-electron chi connectivity index (χ3n) is 5.10. The zero-order valence-corrected chi connectivity index (χ0v) is 17.4. The summed E-state index contributed by atoms with van der Waals surface area (Å²) < 4.78 is 0. The minimum absolute atomic E-state index is 0.0862. The van der Waals surface area contributed by atoms with Gasteiger partial charge in [-0.3, -0.25) is 9.59 Å². The SMILES string of the molecule is C[C@@H](O)[C@H](NC(=O)[C@H](Cc1c[nH]c2ccccc12)NC(=O)[C@@H](N)Cc1c[nH]cn1)C(=O)O. The Morgan fingerprint density at radius 2 is 1.88 bits per heavy atom. The minimum atomic E-state index is -1.53. The molecule has 32 heavy (non-hydrogen) atoms. The molecule has 0 saturated carbocycles. The number of hydrogen-bond donors (Lipinski definition) is 7. The van der Waals surface area contributed by atoms with Gasteiger partial charge in [-0.25, -0.2) is 9.78 Å². The highest BCUT2D eigenvalue weighted by Gasteiger charge is 2.31. The van der Waals surface area contributed by atoms with Crippen molar-refractivity contribution in [1.29, 1.82) is 0 Å². The number of imidazole rings is 1. The lowest BCUT2D eigenvalue weighted by Gasteiger charge is -2.24. The van der Waals surface area contributed by atoms with E-state index in [9.17, 15) is 24.6 Å². The van der Waals surface area contributed by atoms with Crippen molar-refractivity contribution in [2.45, 2.75) is 44.0 Å². The third-order valence-corrected chi connectivity index (χ3v) is 5.10. The molecular weight excluding hydrogens is 416 g/mol. The first kappa shape index (κ1) is 23.0. The highest BCUT2D eigenvalue weighted by atomic mass is 16.4. The van der Waals surface area contributed by atoms with Gasteiger partial charge in [0.2, 0.25) is 11.8 Å². The minimum Gasteiger partial charge on any atom is -0.480 e. The van der Waals surface area contributed by atoms with Crippen LogP contribution >= 0.6 is 0 Å². The Hall–Kier alpha value is -3.70. The molecule has 11 heteroatoms. The summed E-state index contributed by atoms with van der Waals surface area (Å²) in [5.41, 5.74) is 8.18. The zero-order valence-electron chi connectivity index (χ0n) is 17.4. The number of carbonyl (C=O) groups is 3. The number of carboxylic acid groups (broad SMARTS) is 1. The number of aliphatic hydroxyl groups is 1. The number of amides is 2. The number of fused-ring (bicyclic) bond motifs is 1. The van der Waals surface area contributed by atoms with Crippen molar-refractivity contribution in [2.24, 2.45) is 5.73 Å². The van der Waals surface area contributed by atoms with Crippen LogP contribution in [0.25, 0.3) is 10.9 Å². The van der Waals surface area contributed by atoms with E-state index in [1.165, 1.54) is 13.3 Å². The molecule has 0 unspecified atom stereocenters. The summed E-state index contributed by atoms with van der Waals surface area (Å²) in [6.45, 7) is 1.26. The molecular formula is C21H26N6O5. The maximum atomic E-state index is 12.9. The molecule has 0 aliphatic heterocycles. The fraction of sp³-hybridized carbons (Fsp3) is 0.333. The molecule has 2 heterocycles. The van der Waals surface area contributed by atoms with Crippen LogP contribution in [0.5, 0.6) is 0 Å². The predicted molar refractivity (Wildman–Crippen MR) is 115 cm³/mol. The first-order chi connectivity index (χ1) is 15.3. The number of carbonyl (C=O) groups excluding carboxylic acids is 2. The number of hydrogen-bond acceptors (Lipinski definition) is 6. The summed E-state index contributed by atoms with van der Waals surface area (Å²) in [6.07, 6.45) is 3.72. The Bertz CT molecular complexity index is 1080. The van der Waals surface area contributed by atoms with Gasteiger partial charge in [0.05, 0.1) is 24.2 Å². The second-order valence-corrected chi connectivity index (χ2v) is 7.56. The van der Waals surface area contributed by atoms with Crippen LogP contribution in [0.4, 0.5) is 0 Å². The van der Waals surface area contributed by atoms with Crippen LogP contribution in [-0.4, -0.2) is 67.2 Å². The molecule has 3 aromatic rings. The van der Waals surface area contributed by atoms with Crippen molar-refractivity contribution in [1.82, 2.24) is 25.6 Å². The summed E-state index contributed by atoms with van der Waals surface area (Å²) >= 11 is 0. The number of H-pyrrole nitrogens is 2. The molecule has 170 valence electrons. The second kappa shape index (κ2) is 10.1. The zero-order chi connectivity index (χ0) is 23.3. The topological polar surface area (TPSA) is 186 Å². The molecule has 8 N–H and O–H groups in total. The van der Waals surface area contributed by atoms with Gasteiger partial charge >= 0.3 is 5.97 Å². The molecule has 0 aliphatic rings. The van der Waals surface area contributed by atoms with Crippen molar-refractivity contribution in [3.8, 4) is 0 Å². The largest absolute Gasteiger partial charge is 0.480 e. The van der Waals surface area contributed by atoms with Gasteiger partial charge in [0, 0.05) is 36.1 Å². The van der Waals surface area contributed by atoms with Gasteiger partial charge in [-0.15, -0.1) is 0 Å². The lowest BCUT2D eigenvalue weighted by atomic mass is 10.0. The molecule has 3 rings (SSSR count). The average molecular weight is 442 g/mol. The smallest absolute Gasteiger partial charge is 0.328 e. The molecule has 4 atom stereocenters. The fourth-order valence-corrected chi connectivity index (χ4v) is 3.37. The third kappa shape index (κ3) is 5.50. The van der Waals surface area contributed by atoms with E-state index in [1.54, 1.807) is 12.4 Å². The van der Waals surface area contributed by atoms with Gasteiger partial charge in [0.1, 0.15) is 6.04 Å². The summed E-state index contributed by atoms with van der Waals surface area (Å²) in [6, 6.07) is 3.85. The van der Waals surface area contributed by atoms with Crippen LogP contribution in [0, 0.1) is 0 Å². The number of benzene rings is 1. The first-order valence-corrected chi connectivity index (χ1v) is 10.1. The number of aliphatic carboxylic acids is 1. The van der Waals surface area contributed by atoms with Gasteiger partial charge in [0.15, 0.2) is 6.04 Å². The lowest BCUT2D eigenvalue weighted by Crippen LogP contribution is -2.57. The number of carboxylic acids is 1. The Labute approximate surface area is 183 Å². The maximum Gasteiger partial charge on any atom is 0.328 e. The molecule has 11 nitrogen and oxygen atoms in total. The van der Waals surface area contributed by atoms with Crippen LogP contribution in [0.1, 0.15) is 18.2 Å². The van der Waals surface area contributed by atoms with E-state index in [-0.39, 0.29) is 12.8 Å². The Kier molecular flexibility index (Phi) is 7.23. The lowest BCUT2D eigenvalue weighted by molar-refractivity contribution is -0.145. The van der Waals surface area contributed by atoms with Crippen molar-refractivity contribution >= 4 is 28.7 Å². The number of aromatic nitrogens is 3. The van der Waals surface area contributed by atoms with Crippen molar-refractivity contribution < 1.29 is 24.6 Å². The van der Waals surface area contributed by atoms with E-state index in [4.69, 9.17) is 5.73 Å². The first-order valence-electron chi connectivity index (χ1n) is 10.1. The van der Waals surface area contributed by atoms with Crippen LogP contribution in [-0.2, 0) is 27.2 Å². The maximum absolute atomic E-state index is 12.9. The molecule has 0 radical (unpaired) electrons. The van der Waals surface area contributed by atoms with E-state index in [1.807, 2.05) is 24.3 Å². The van der Waals surface area contributed by atoms with E-state index in [2.05, 4.69) is 25.6 Å². The van der Waals surface area contributed by atoms with Crippen molar-refractivity contribution in [3.63, 3.8) is 0 Å². The van der Waals surface area contributed by atoms with Crippen molar-refractivity contribution in [3.05, 3.63) is 54.2 Å². The molecule has 0 bridgehead atoms.